The molecule has 0 spiro atoms. The van der Waals surface area contributed by atoms with E-state index in [9.17, 15) is 5.26 Å². The van der Waals surface area contributed by atoms with E-state index in [0.717, 1.165) is 33.8 Å². The average molecular weight is 230 g/mol. The van der Waals surface area contributed by atoms with Crippen LogP contribution in [0.3, 0.4) is 0 Å². The summed E-state index contributed by atoms with van der Waals surface area (Å²) in [6.07, 6.45) is 9.23. The summed E-state index contributed by atoms with van der Waals surface area (Å²) in [7, 11) is 0. The molecular formula is C16H10N2. The van der Waals surface area contributed by atoms with Crippen molar-refractivity contribution in [1.29, 1.82) is 5.26 Å². The first-order valence-corrected chi connectivity index (χ1v) is 6.01. The van der Waals surface area contributed by atoms with Crippen molar-refractivity contribution < 1.29 is 0 Å². The number of nitrogens with zero attached hydrogens (tertiary/aromatic N) is 2. The lowest BCUT2D eigenvalue weighted by atomic mass is 10.0. The molecule has 1 aromatic carbocycles. The Hall–Kier alpha value is -2.53. The molecule has 2 aromatic heterocycles. The van der Waals surface area contributed by atoms with Gasteiger partial charge in [0, 0.05) is 17.0 Å². The Morgan fingerprint density at radius 3 is 3.00 bits per heavy atom. The van der Waals surface area contributed by atoms with E-state index in [4.69, 9.17) is 0 Å². The fourth-order valence-electron chi connectivity index (χ4n) is 2.87. The van der Waals surface area contributed by atoms with Crippen LogP contribution in [-0.4, -0.2) is 4.40 Å². The Kier molecular flexibility index (Phi) is 1.71. The third kappa shape index (κ3) is 1.01. The SMILES string of the molecule is N#Cc1c2c(n3cc4ccccc4c13)=CC=CC2. The number of aromatic nitrogens is 1. The summed E-state index contributed by atoms with van der Waals surface area (Å²) >= 11 is 0. The Bertz CT molecular complexity index is 904. The molecule has 0 amide bonds. The second-order valence-corrected chi connectivity index (χ2v) is 4.58. The Labute approximate surface area is 104 Å². The molecule has 4 rings (SSSR count). The molecule has 2 heterocycles. The maximum atomic E-state index is 9.46. The first-order chi connectivity index (χ1) is 8.90. The molecule has 0 atom stereocenters. The summed E-state index contributed by atoms with van der Waals surface area (Å²) in [6.45, 7) is 0. The first-order valence-electron chi connectivity index (χ1n) is 6.01. The number of nitriles is 1. The van der Waals surface area contributed by atoms with Crippen LogP contribution in [0.1, 0.15) is 11.1 Å². The molecule has 0 unspecified atom stereocenters. The standard InChI is InChI=1S/C16H10N2/c17-9-14-13-7-3-4-8-15(13)18-10-11-5-1-2-6-12(11)16(14)18/h1-6,8,10H,7H2. The predicted octanol–water partition coefficient (Wildman–Crippen LogP) is 2.58. The normalized spacial score (nSPS) is 13.5. The molecule has 0 fully saturated rings. The minimum atomic E-state index is 0.826. The molecular weight excluding hydrogens is 220 g/mol. The van der Waals surface area contributed by atoms with Gasteiger partial charge in [0.15, 0.2) is 0 Å². The smallest absolute Gasteiger partial charge is 0.102 e. The van der Waals surface area contributed by atoms with E-state index >= 15 is 0 Å². The lowest BCUT2D eigenvalue weighted by Crippen LogP contribution is -2.13. The van der Waals surface area contributed by atoms with Gasteiger partial charge in [0.25, 0.3) is 0 Å². The average Bonchev–Trinajstić information content (AvgIpc) is 2.93. The third-order valence-corrected chi connectivity index (χ3v) is 3.66. The van der Waals surface area contributed by atoms with Crippen molar-refractivity contribution in [2.45, 2.75) is 6.42 Å². The summed E-state index contributed by atoms with van der Waals surface area (Å²) in [6, 6.07) is 10.6. The molecule has 0 radical (unpaired) electrons. The lowest BCUT2D eigenvalue weighted by Gasteiger charge is -1.98. The molecule has 2 nitrogen and oxygen atoms in total. The lowest BCUT2D eigenvalue weighted by molar-refractivity contribution is 1.12. The number of fused-ring (bicyclic) bond motifs is 5. The summed E-state index contributed by atoms with van der Waals surface area (Å²) in [5, 5.41) is 13.0. The van der Waals surface area contributed by atoms with Gasteiger partial charge in [0.2, 0.25) is 0 Å². The molecule has 0 saturated heterocycles. The number of hydrogen-bond acceptors (Lipinski definition) is 1. The van der Waals surface area contributed by atoms with Gasteiger partial charge in [-0.3, -0.25) is 0 Å². The number of hydrogen-bond donors (Lipinski definition) is 0. The molecule has 0 N–H and O–H groups in total. The highest BCUT2D eigenvalue weighted by atomic mass is 14.9. The van der Waals surface area contributed by atoms with Crippen molar-refractivity contribution in [3.8, 4) is 6.07 Å². The van der Waals surface area contributed by atoms with Crippen LogP contribution in [0, 0.1) is 11.3 Å². The summed E-state index contributed by atoms with van der Waals surface area (Å²) in [4.78, 5) is 0. The van der Waals surface area contributed by atoms with Gasteiger partial charge in [-0.25, -0.2) is 0 Å². The van der Waals surface area contributed by atoms with Gasteiger partial charge in [0.1, 0.15) is 6.07 Å². The molecule has 0 aliphatic heterocycles. The van der Waals surface area contributed by atoms with Gasteiger partial charge in [0.05, 0.1) is 16.4 Å². The molecule has 18 heavy (non-hydrogen) atoms. The van der Waals surface area contributed by atoms with Gasteiger partial charge < -0.3 is 4.40 Å². The van der Waals surface area contributed by atoms with Crippen LogP contribution in [0.5, 0.6) is 0 Å². The zero-order chi connectivity index (χ0) is 12.1. The maximum absolute atomic E-state index is 9.46. The van der Waals surface area contributed by atoms with Crippen LogP contribution < -0.4 is 5.35 Å². The summed E-state index contributed by atoms with van der Waals surface area (Å²) in [5.74, 6) is 0. The van der Waals surface area contributed by atoms with Crippen LogP contribution in [0.4, 0.5) is 0 Å². The van der Waals surface area contributed by atoms with Crippen molar-refractivity contribution in [2.75, 3.05) is 0 Å². The first kappa shape index (κ1) is 9.49. The Morgan fingerprint density at radius 1 is 1.22 bits per heavy atom. The maximum Gasteiger partial charge on any atom is 0.102 e. The number of rotatable bonds is 0. The quantitative estimate of drug-likeness (QED) is 0.583. The van der Waals surface area contributed by atoms with Gasteiger partial charge in [-0.05, 0) is 18.1 Å². The van der Waals surface area contributed by atoms with Gasteiger partial charge in [-0.1, -0.05) is 36.4 Å². The largest absolute Gasteiger partial charge is 0.314 e. The summed E-state index contributed by atoms with van der Waals surface area (Å²) < 4.78 is 2.15. The van der Waals surface area contributed by atoms with Crippen molar-refractivity contribution in [2.24, 2.45) is 0 Å². The fourth-order valence-corrected chi connectivity index (χ4v) is 2.87. The number of benzene rings is 1. The monoisotopic (exact) mass is 230 g/mol. The highest BCUT2D eigenvalue weighted by Crippen LogP contribution is 2.26. The molecule has 0 bridgehead atoms. The zero-order valence-electron chi connectivity index (χ0n) is 9.72. The van der Waals surface area contributed by atoms with Crippen LogP contribution in [0.15, 0.2) is 42.6 Å². The van der Waals surface area contributed by atoms with Gasteiger partial charge in [-0.2, -0.15) is 5.26 Å². The van der Waals surface area contributed by atoms with E-state index in [-0.39, 0.29) is 0 Å². The zero-order valence-corrected chi connectivity index (χ0v) is 9.72. The highest BCUT2D eigenvalue weighted by Gasteiger charge is 2.17. The van der Waals surface area contributed by atoms with E-state index in [1.807, 2.05) is 12.1 Å². The molecule has 1 aliphatic rings. The van der Waals surface area contributed by atoms with Gasteiger partial charge in [-0.15, -0.1) is 0 Å². The van der Waals surface area contributed by atoms with E-state index < -0.39 is 0 Å². The predicted molar refractivity (Wildman–Crippen MR) is 72.1 cm³/mol. The van der Waals surface area contributed by atoms with E-state index in [1.54, 1.807) is 0 Å². The second kappa shape index (κ2) is 3.24. The summed E-state index contributed by atoms with van der Waals surface area (Å²) in [5.41, 5.74) is 3.03. The molecule has 0 saturated carbocycles. The van der Waals surface area contributed by atoms with Crippen LogP contribution >= 0.6 is 0 Å². The van der Waals surface area contributed by atoms with Crippen LogP contribution in [-0.2, 0) is 6.42 Å². The third-order valence-electron chi connectivity index (χ3n) is 3.66. The van der Waals surface area contributed by atoms with Crippen molar-refractivity contribution >= 4 is 22.4 Å². The van der Waals surface area contributed by atoms with Gasteiger partial charge >= 0.3 is 0 Å². The van der Waals surface area contributed by atoms with Crippen molar-refractivity contribution in [3.63, 3.8) is 0 Å². The fraction of sp³-hybridized carbons (Fsp3) is 0.0625. The van der Waals surface area contributed by atoms with Crippen LogP contribution in [0.25, 0.3) is 22.4 Å². The van der Waals surface area contributed by atoms with Crippen LogP contribution in [0.2, 0.25) is 0 Å². The van der Waals surface area contributed by atoms with E-state index in [2.05, 4.69) is 47.0 Å². The van der Waals surface area contributed by atoms with E-state index in [1.165, 1.54) is 5.39 Å². The molecule has 3 aromatic rings. The molecule has 2 heteroatoms. The van der Waals surface area contributed by atoms with Crippen molar-refractivity contribution in [1.82, 2.24) is 4.40 Å². The molecule has 84 valence electrons. The number of allylic oxidation sites excluding steroid dienone is 2. The van der Waals surface area contributed by atoms with Crippen molar-refractivity contribution in [3.05, 3.63) is 59.1 Å². The van der Waals surface area contributed by atoms with E-state index in [0.29, 0.717) is 0 Å². The molecule has 1 aliphatic carbocycles. The minimum absolute atomic E-state index is 0.826. The minimum Gasteiger partial charge on any atom is -0.314 e. The second-order valence-electron chi connectivity index (χ2n) is 4.58. The Balaban J connectivity index is 2.35. The Morgan fingerprint density at radius 2 is 2.11 bits per heavy atom. The highest BCUT2D eigenvalue weighted by molar-refractivity contribution is 6.01. The topological polar surface area (TPSA) is 28.2 Å².